The quantitative estimate of drug-likeness (QED) is 0.657. The van der Waals surface area contributed by atoms with Gasteiger partial charge in [0, 0.05) is 0 Å². The largest absolute Gasteiger partial charge is 0.403 e. The normalized spacial score (nSPS) is 21.8. The summed E-state index contributed by atoms with van der Waals surface area (Å²) in [6.07, 6.45) is -2.29. The third-order valence-corrected chi connectivity index (χ3v) is 2.84. The molecule has 1 atom stereocenters. The third kappa shape index (κ3) is 4.87. The minimum Gasteiger partial charge on any atom is -0.292 e. The molecule has 0 N–H and O–H groups in total. The van der Waals surface area contributed by atoms with Crippen LogP contribution in [0.1, 0.15) is 40.5 Å². The standard InChI is InChI=1S/C9H16F3N.C2H6/c1-7-3-5-13(6-4-7)8(2)9(10,11)12;1-2/h7-8H,3-6H2,1-2H3;1-2H3. The fourth-order valence-corrected chi connectivity index (χ4v) is 1.62. The molecule has 0 amide bonds. The number of halogens is 3. The Bertz CT molecular complexity index is 160. The Morgan fingerprint density at radius 1 is 1.13 bits per heavy atom. The Kier molecular flexibility index (Phi) is 6.25. The summed E-state index contributed by atoms with van der Waals surface area (Å²) >= 11 is 0. The molecule has 0 saturated carbocycles. The summed E-state index contributed by atoms with van der Waals surface area (Å²) in [5.74, 6) is 0.580. The van der Waals surface area contributed by atoms with E-state index in [1.807, 2.05) is 13.8 Å². The lowest BCUT2D eigenvalue weighted by Gasteiger charge is -2.35. The van der Waals surface area contributed by atoms with Gasteiger partial charge in [0.05, 0.1) is 0 Å². The molecule has 0 aliphatic carbocycles. The number of piperidine rings is 1. The number of rotatable bonds is 1. The monoisotopic (exact) mass is 225 g/mol. The van der Waals surface area contributed by atoms with E-state index in [1.165, 1.54) is 11.8 Å². The van der Waals surface area contributed by atoms with Gasteiger partial charge < -0.3 is 0 Å². The highest BCUT2D eigenvalue weighted by Gasteiger charge is 2.40. The highest BCUT2D eigenvalue weighted by molar-refractivity contribution is 4.78. The lowest BCUT2D eigenvalue weighted by molar-refractivity contribution is -0.181. The summed E-state index contributed by atoms with van der Waals surface area (Å²) < 4.78 is 36.9. The van der Waals surface area contributed by atoms with Crippen molar-refractivity contribution in [2.75, 3.05) is 13.1 Å². The second-order valence-electron chi connectivity index (χ2n) is 3.94. The molecule has 0 radical (unpaired) electrons. The molecule has 0 aromatic heterocycles. The summed E-state index contributed by atoms with van der Waals surface area (Å²) in [7, 11) is 0. The van der Waals surface area contributed by atoms with E-state index < -0.39 is 12.2 Å². The van der Waals surface area contributed by atoms with Crippen molar-refractivity contribution >= 4 is 0 Å². The van der Waals surface area contributed by atoms with Crippen LogP contribution in [0.3, 0.4) is 0 Å². The van der Waals surface area contributed by atoms with Crippen molar-refractivity contribution < 1.29 is 13.2 Å². The van der Waals surface area contributed by atoms with Crippen molar-refractivity contribution in [1.82, 2.24) is 4.90 Å². The molecular formula is C11H22F3N. The minimum absolute atomic E-state index is 0.580. The fraction of sp³-hybridized carbons (Fsp3) is 1.00. The van der Waals surface area contributed by atoms with Gasteiger partial charge in [-0.05, 0) is 38.8 Å². The van der Waals surface area contributed by atoms with Crippen LogP contribution < -0.4 is 0 Å². The first-order valence-electron chi connectivity index (χ1n) is 5.72. The van der Waals surface area contributed by atoms with E-state index in [-0.39, 0.29) is 0 Å². The molecule has 4 heteroatoms. The Morgan fingerprint density at radius 2 is 1.53 bits per heavy atom. The van der Waals surface area contributed by atoms with E-state index in [1.54, 1.807) is 0 Å². The van der Waals surface area contributed by atoms with Crippen LogP contribution in [-0.2, 0) is 0 Å². The molecule has 1 aliphatic rings. The maximum atomic E-state index is 12.3. The summed E-state index contributed by atoms with van der Waals surface area (Å²) in [4.78, 5) is 1.53. The zero-order valence-corrected chi connectivity index (χ0v) is 10.1. The average Bonchev–Trinajstić information content (AvgIpc) is 2.20. The van der Waals surface area contributed by atoms with Crippen molar-refractivity contribution in [3.8, 4) is 0 Å². The van der Waals surface area contributed by atoms with Crippen LogP contribution in [0.15, 0.2) is 0 Å². The summed E-state index contributed by atoms with van der Waals surface area (Å²) in [5.41, 5.74) is 0. The highest BCUT2D eigenvalue weighted by atomic mass is 19.4. The number of alkyl halides is 3. The van der Waals surface area contributed by atoms with Crippen LogP contribution in [-0.4, -0.2) is 30.2 Å². The predicted molar refractivity (Wildman–Crippen MR) is 56.8 cm³/mol. The van der Waals surface area contributed by atoms with Gasteiger partial charge in [-0.3, -0.25) is 4.90 Å². The molecule has 1 rings (SSSR count). The van der Waals surface area contributed by atoms with Gasteiger partial charge in [0.1, 0.15) is 6.04 Å². The van der Waals surface area contributed by atoms with Gasteiger partial charge in [0.2, 0.25) is 0 Å². The molecule has 1 unspecified atom stereocenters. The van der Waals surface area contributed by atoms with E-state index >= 15 is 0 Å². The van der Waals surface area contributed by atoms with Crippen molar-refractivity contribution in [1.29, 1.82) is 0 Å². The van der Waals surface area contributed by atoms with Gasteiger partial charge in [-0.1, -0.05) is 20.8 Å². The Hall–Kier alpha value is -0.250. The number of likely N-dealkylation sites (tertiary alicyclic amines) is 1. The third-order valence-electron chi connectivity index (χ3n) is 2.84. The van der Waals surface area contributed by atoms with E-state index in [4.69, 9.17) is 0 Å². The van der Waals surface area contributed by atoms with E-state index in [0.717, 1.165) is 12.8 Å². The van der Waals surface area contributed by atoms with Crippen molar-refractivity contribution in [2.24, 2.45) is 5.92 Å². The first kappa shape index (κ1) is 14.8. The molecule has 0 spiro atoms. The molecule has 1 fully saturated rings. The smallest absolute Gasteiger partial charge is 0.292 e. The first-order valence-corrected chi connectivity index (χ1v) is 5.72. The van der Waals surface area contributed by atoms with E-state index in [0.29, 0.717) is 19.0 Å². The zero-order valence-electron chi connectivity index (χ0n) is 10.1. The van der Waals surface area contributed by atoms with E-state index in [2.05, 4.69) is 6.92 Å². The molecule has 0 aromatic carbocycles. The maximum Gasteiger partial charge on any atom is 0.403 e. The van der Waals surface area contributed by atoms with Gasteiger partial charge in [0.15, 0.2) is 0 Å². The Morgan fingerprint density at radius 3 is 1.87 bits per heavy atom. The first-order chi connectivity index (χ1) is 6.91. The zero-order chi connectivity index (χ0) is 12.1. The SMILES string of the molecule is CC.CC1CCN(C(C)C(F)(F)F)CC1. The lowest BCUT2D eigenvalue weighted by Crippen LogP contribution is -2.47. The van der Waals surface area contributed by atoms with Crippen LogP contribution in [0.2, 0.25) is 0 Å². The molecule has 1 nitrogen and oxygen atoms in total. The summed E-state index contributed by atoms with van der Waals surface area (Å²) in [6.45, 7) is 8.51. The van der Waals surface area contributed by atoms with Crippen LogP contribution >= 0.6 is 0 Å². The Labute approximate surface area is 90.6 Å². The van der Waals surface area contributed by atoms with Crippen LogP contribution in [0, 0.1) is 5.92 Å². The molecule has 92 valence electrons. The molecule has 0 aromatic rings. The van der Waals surface area contributed by atoms with Gasteiger partial charge >= 0.3 is 6.18 Å². The fourth-order valence-electron chi connectivity index (χ4n) is 1.62. The summed E-state index contributed by atoms with van der Waals surface area (Å²) in [5, 5.41) is 0. The lowest BCUT2D eigenvalue weighted by atomic mass is 9.98. The number of hydrogen-bond acceptors (Lipinski definition) is 1. The van der Waals surface area contributed by atoms with Crippen molar-refractivity contribution in [2.45, 2.75) is 52.8 Å². The topological polar surface area (TPSA) is 3.24 Å². The molecule has 0 bridgehead atoms. The van der Waals surface area contributed by atoms with E-state index in [9.17, 15) is 13.2 Å². The maximum absolute atomic E-state index is 12.3. The van der Waals surface area contributed by atoms with Gasteiger partial charge in [-0.2, -0.15) is 13.2 Å². The predicted octanol–water partition coefficient (Wildman–Crippen LogP) is 3.70. The van der Waals surface area contributed by atoms with Crippen LogP contribution in [0.4, 0.5) is 13.2 Å². The summed E-state index contributed by atoms with van der Waals surface area (Å²) in [6, 6.07) is -1.28. The van der Waals surface area contributed by atoms with Crippen molar-refractivity contribution in [3.05, 3.63) is 0 Å². The molecule has 15 heavy (non-hydrogen) atoms. The van der Waals surface area contributed by atoms with Crippen molar-refractivity contribution in [3.63, 3.8) is 0 Å². The molecule has 1 saturated heterocycles. The number of nitrogens with zero attached hydrogens (tertiary/aromatic N) is 1. The van der Waals surface area contributed by atoms with Gasteiger partial charge in [-0.15, -0.1) is 0 Å². The molecule has 1 aliphatic heterocycles. The second kappa shape index (κ2) is 6.36. The minimum atomic E-state index is -4.07. The van der Waals surface area contributed by atoms with Crippen LogP contribution in [0.25, 0.3) is 0 Å². The molecule has 1 heterocycles. The van der Waals surface area contributed by atoms with Gasteiger partial charge in [0.25, 0.3) is 0 Å². The highest BCUT2D eigenvalue weighted by Crippen LogP contribution is 2.27. The Balaban J connectivity index is 0.000000921. The molecular weight excluding hydrogens is 203 g/mol. The number of hydrogen-bond donors (Lipinski definition) is 0. The van der Waals surface area contributed by atoms with Crippen LogP contribution in [0.5, 0.6) is 0 Å². The average molecular weight is 225 g/mol. The second-order valence-corrected chi connectivity index (χ2v) is 3.94. The van der Waals surface area contributed by atoms with Gasteiger partial charge in [-0.25, -0.2) is 0 Å².